The predicted molar refractivity (Wildman–Crippen MR) is 111 cm³/mol. The quantitative estimate of drug-likeness (QED) is 0.539. The SMILES string of the molecule is O=c1[nH]c(Cc2ccccc2-c2ccnnc2)nc2c1cnn2C1CCC(F)(F)CC1. The molecule has 4 aromatic rings. The van der Waals surface area contributed by atoms with Crippen LogP contribution in [0.2, 0.25) is 0 Å². The first-order chi connectivity index (χ1) is 15.0. The van der Waals surface area contributed by atoms with E-state index in [1.165, 1.54) is 6.20 Å². The van der Waals surface area contributed by atoms with Gasteiger partial charge in [-0.05, 0) is 30.0 Å². The summed E-state index contributed by atoms with van der Waals surface area (Å²) < 4.78 is 28.8. The Labute approximate surface area is 176 Å². The molecule has 0 atom stereocenters. The number of benzene rings is 1. The highest BCUT2D eigenvalue weighted by Gasteiger charge is 2.36. The third-order valence-corrected chi connectivity index (χ3v) is 5.82. The number of alkyl halides is 2. The average Bonchev–Trinajstić information content (AvgIpc) is 3.19. The summed E-state index contributed by atoms with van der Waals surface area (Å²) in [6.45, 7) is 0. The Morgan fingerprint density at radius 3 is 2.68 bits per heavy atom. The molecule has 0 radical (unpaired) electrons. The van der Waals surface area contributed by atoms with Crippen molar-refractivity contribution in [1.82, 2.24) is 29.9 Å². The second-order valence-corrected chi connectivity index (χ2v) is 7.89. The van der Waals surface area contributed by atoms with E-state index in [0.717, 1.165) is 16.7 Å². The van der Waals surface area contributed by atoms with Crippen molar-refractivity contribution in [3.8, 4) is 11.1 Å². The van der Waals surface area contributed by atoms with Crippen molar-refractivity contribution in [2.75, 3.05) is 0 Å². The second-order valence-electron chi connectivity index (χ2n) is 7.89. The van der Waals surface area contributed by atoms with E-state index in [2.05, 4.69) is 25.3 Å². The van der Waals surface area contributed by atoms with Gasteiger partial charge in [0, 0.05) is 24.8 Å². The first kappa shape index (κ1) is 19.5. The number of nitrogens with one attached hydrogen (secondary N) is 1. The molecule has 0 saturated heterocycles. The third-order valence-electron chi connectivity index (χ3n) is 5.82. The maximum absolute atomic E-state index is 13.6. The summed E-state index contributed by atoms with van der Waals surface area (Å²) in [6.07, 6.45) is 5.45. The van der Waals surface area contributed by atoms with Gasteiger partial charge in [-0.15, -0.1) is 0 Å². The molecule has 7 nitrogen and oxygen atoms in total. The molecule has 1 aliphatic rings. The van der Waals surface area contributed by atoms with Gasteiger partial charge in [-0.1, -0.05) is 24.3 Å². The molecule has 0 aliphatic heterocycles. The second kappa shape index (κ2) is 7.64. The highest BCUT2D eigenvalue weighted by molar-refractivity contribution is 5.73. The molecule has 0 spiro atoms. The zero-order chi connectivity index (χ0) is 21.4. The van der Waals surface area contributed by atoms with Gasteiger partial charge in [0.2, 0.25) is 5.92 Å². The number of H-pyrrole nitrogens is 1. The summed E-state index contributed by atoms with van der Waals surface area (Å²) >= 11 is 0. The van der Waals surface area contributed by atoms with Gasteiger partial charge in [-0.2, -0.15) is 15.3 Å². The van der Waals surface area contributed by atoms with E-state index in [0.29, 0.717) is 36.1 Å². The number of hydrogen-bond donors (Lipinski definition) is 1. The molecule has 0 bridgehead atoms. The van der Waals surface area contributed by atoms with Crippen LogP contribution in [0.1, 0.15) is 43.1 Å². The monoisotopic (exact) mass is 422 g/mol. The molecule has 3 aromatic heterocycles. The Morgan fingerprint density at radius 1 is 1.10 bits per heavy atom. The number of rotatable bonds is 4. The van der Waals surface area contributed by atoms with Gasteiger partial charge in [0.05, 0.1) is 24.6 Å². The minimum absolute atomic E-state index is 0.178. The van der Waals surface area contributed by atoms with Crippen LogP contribution < -0.4 is 5.56 Å². The van der Waals surface area contributed by atoms with Crippen molar-refractivity contribution in [3.63, 3.8) is 0 Å². The van der Waals surface area contributed by atoms with Crippen molar-refractivity contribution in [1.29, 1.82) is 0 Å². The molecule has 0 amide bonds. The van der Waals surface area contributed by atoms with Crippen LogP contribution in [0.15, 0.2) is 53.7 Å². The Balaban J connectivity index is 1.51. The lowest BCUT2D eigenvalue weighted by molar-refractivity contribution is -0.0446. The van der Waals surface area contributed by atoms with E-state index < -0.39 is 5.92 Å². The standard InChI is InChI=1S/C22H20F2N6O/c23-22(24)8-5-16(6-9-22)30-20-18(13-27-30)21(31)29-19(28-20)11-14-3-1-2-4-17(14)15-7-10-25-26-12-15/h1-4,7,10,12-13,16H,5-6,8-9,11H2,(H,28,29,31). The maximum atomic E-state index is 13.6. The van der Waals surface area contributed by atoms with Crippen molar-refractivity contribution in [3.05, 3.63) is 70.7 Å². The molecule has 1 N–H and O–H groups in total. The molecule has 0 unspecified atom stereocenters. The average molecular weight is 422 g/mol. The molecular weight excluding hydrogens is 402 g/mol. The van der Waals surface area contributed by atoms with Crippen LogP contribution in [0.25, 0.3) is 22.2 Å². The lowest BCUT2D eigenvalue weighted by atomic mass is 9.92. The fourth-order valence-corrected chi connectivity index (χ4v) is 4.19. The Bertz CT molecular complexity index is 1270. The minimum Gasteiger partial charge on any atom is -0.310 e. The molecule has 3 heterocycles. The summed E-state index contributed by atoms with van der Waals surface area (Å²) in [5.74, 6) is -2.13. The highest BCUT2D eigenvalue weighted by atomic mass is 19.3. The minimum atomic E-state index is -2.62. The number of fused-ring (bicyclic) bond motifs is 1. The topological polar surface area (TPSA) is 89.3 Å². The fourth-order valence-electron chi connectivity index (χ4n) is 4.19. The first-order valence-corrected chi connectivity index (χ1v) is 10.2. The predicted octanol–water partition coefficient (Wildman–Crippen LogP) is 3.92. The summed E-state index contributed by atoms with van der Waals surface area (Å²) in [4.78, 5) is 20.2. The summed E-state index contributed by atoms with van der Waals surface area (Å²) in [7, 11) is 0. The zero-order valence-corrected chi connectivity index (χ0v) is 16.6. The molecule has 31 heavy (non-hydrogen) atoms. The first-order valence-electron chi connectivity index (χ1n) is 10.2. The summed E-state index contributed by atoms with van der Waals surface area (Å²) in [5.41, 5.74) is 3.03. The van der Waals surface area contributed by atoms with Gasteiger partial charge in [-0.25, -0.2) is 18.4 Å². The van der Waals surface area contributed by atoms with Gasteiger partial charge in [0.1, 0.15) is 11.2 Å². The van der Waals surface area contributed by atoms with Crippen molar-refractivity contribution >= 4 is 11.0 Å². The van der Waals surface area contributed by atoms with E-state index in [9.17, 15) is 13.6 Å². The molecule has 5 rings (SSSR count). The number of hydrogen-bond acceptors (Lipinski definition) is 5. The Morgan fingerprint density at radius 2 is 1.90 bits per heavy atom. The van der Waals surface area contributed by atoms with Gasteiger partial charge >= 0.3 is 0 Å². The number of aromatic nitrogens is 6. The highest BCUT2D eigenvalue weighted by Crippen LogP contribution is 2.38. The molecule has 1 aromatic carbocycles. The lowest BCUT2D eigenvalue weighted by Gasteiger charge is -2.28. The number of nitrogens with zero attached hydrogens (tertiary/aromatic N) is 5. The van der Waals surface area contributed by atoms with Gasteiger partial charge < -0.3 is 4.98 Å². The smallest absolute Gasteiger partial charge is 0.262 e. The van der Waals surface area contributed by atoms with Crippen LogP contribution in [0.4, 0.5) is 8.78 Å². The fraction of sp³-hybridized carbons (Fsp3) is 0.318. The zero-order valence-electron chi connectivity index (χ0n) is 16.6. The molecular formula is C22H20F2N6O. The molecule has 158 valence electrons. The van der Waals surface area contributed by atoms with Crippen LogP contribution in [0.5, 0.6) is 0 Å². The number of halogens is 2. The van der Waals surface area contributed by atoms with Crippen LogP contribution in [-0.2, 0) is 6.42 Å². The van der Waals surface area contributed by atoms with Crippen molar-refractivity contribution < 1.29 is 8.78 Å². The molecule has 9 heteroatoms. The maximum Gasteiger partial charge on any atom is 0.262 e. The third kappa shape index (κ3) is 3.83. The number of aromatic amines is 1. The van der Waals surface area contributed by atoms with Gasteiger partial charge in [0.15, 0.2) is 5.65 Å². The van der Waals surface area contributed by atoms with Gasteiger partial charge in [0.25, 0.3) is 5.56 Å². The van der Waals surface area contributed by atoms with E-state index in [1.54, 1.807) is 17.1 Å². The summed E-state index contributed by atoms with van der Waals surface area (Å²) in [6, 6.07) is 9.51. The van der Waals surface area contributed by atoms with E-state index in [4.69, 9.17) is 0 Å². The van der Waals surface area contributed by atoms with Gasteiger partial charge in [-0.3, -0.25) is 4.79 Å². The summed E-state index contributed by atoms with van der Waals surface area (Å²) in [5, 5.41) is 12.4. The molecule has 1 aliphatic carbocycles. The van der Waals surface area contributed by atoms with Crippen LogP contribution in [-0.4, -0.2) is 35.9 Å². The van der Waals surface area contributed by atoms with Crippen molar-refractivity contribution in [2.45, 2.75) is 44.1 Å². The van der Waals surface area contributed by atoms with E-state index >= 15 is 0 Å². The normalized spacial score (nSPS) is 16.6. The van der Waals surface area contributed by atoms with E-state index in [1.807, 2.05) is 30.3 Å². The Hall–Kier alpha value is -3.49. The largest absolute Gasteiger partial charge is 0.310 e. The molecule has 1 saturated carbocycles. The molecule has 1 fully saturated rings. The van der Waals surface area contributed by atoms with Crippen LogP contribution >= 0.6 is 0 Å². The van der Waals surface area contributed by atoms with Crippen LogP contribution in [0.3, 0.4) is 0 Å². The Kier molecular flexibility index (Phi) is 4.80. The lowest BCUT2D eigenvalue weighted by Crippen LogP contribution is -2.27. The van der Waals surface area contributed by atoms with Crippen LogP contribution in [0, 0.1) is 0 Å². The van der Waals surface area contributed by atoms with Crippen molar-refractivity contribution in [2.24, 2.45) is 0 Å². The van der Waals surface area contributed by atoms with E-state index in [-0.39, 0.29) is 24.4 Å².